The maximum Gasteiger partial charge on any atom is 0.0839 e. The summed E-state index contributed by atoms with van der Waals surface area (Å²) < 4.78 is 6.68. The van der Waals surface area contributed by atoms with Gasteiger partial charge in [-0.25, -0.2) is 0 Å². The molecule has 1 saturated heterocycles. The molecular formula is C20H34O. The minimum absolute atomic E-state index is 0.0554. The van der Waals surface area contributed by atoms with Crippen molar-refractivity contribution >= 4 is 0 Å². The molecule has 0 spiro atoms. The Labute approximate surface area is 131 Å². The zero-order valence-electron chi connectivity index (χ0n) is 14.8. The van der Waals surface area contributed by atoms with E-state index in [0.29, 0.717) is 10.8 Å². The third-order valence-corrected chi connectivity index (χ3v) is 7.57. The molecule has 0 aromatic rings. The Kier molecular flexibility index (Phi) is 3.41. The lowest BCUT2D eigenvalue weighted by molar-refractivity contribution is -0.252. The maximum atomic E-state index is 6.68. The summed E-state index contributed by atoms with van der Waals surface area (Å²) >= 11 is 0. The summed E-state index contributed by atoms with van der Waals surface area (Å²) in [5.74, 6) is 1.59. The fraction of sp³-hybridized carbons (Fsp3) is 0.900. The molecule has 3 rings (SSSR count). The van der Waals surface area contributed by atoms with Gasteiger partial charge in [-0.15, -0.1) is 6.58 Å². The summed E-state index contributed by atoms with van der Waals surface area (Å²) in [7, 11) is 0. The summed E-state index contributed by atoms with van der Waals surface area (Å²) in [6, 6.07) is 0. The van der Waals surface area contributed by atoms with Gasteiger partial charge in [-0.05, 0) is 75.0 Å². The number of hydrogen-bond donors (Lipinski definition) is 0. The number of hydrogen-bond acceptors (Lipinski definition) is 1. The molecule has 3 aliphatic rings. The Bertz CT molecular complexity index is 439. The molecule has 0 radical (unpaired) electrons. The first-order chi connectivity index (χ1) is 9.65. The van der Waals surface area contributed by atoms with Crippen LogP contribution >= 0.6 is 0 Å². The van der Waals surface area contributed by atoms with Crippen molar-refractivity contribution in [3.05, 3.63) is 12.7 Å². The highest BCUT2D eigenvalue weighted by Crippen LogP contribution is 2.65. The fourth-order valence-corrected chi connectivity index (χ4v) is 6.52. The number of rotatable bonds is 1. The predicted octanol–water partition coefficient (Wildman–Crippen LogP) is 5.74. The maximum absolute atomic E-state index is 6.68. The highest BCUT2D eigenvalue weighted by Gasteiger charge is 2.61. The first-order valence-electron chi connectivity index (χ1n) is 8.99. The Morgan fingerprint density at radius 1 is 0.905 bits per heavy atom. The van der Waals surface area contributed by atoms with Crippen molar-refractivity contribution in [2.24, 2.45) is 22.7 Å². The van der Waals surface area contributed by atoms with Gasteiger partial charge in [-0.1, -0.05) is 33.3 Å². The monoisotopic (exact) mass is 290 g/mol. The largest absolute Gasteiger partial charge is 0.365 e. The van der Waals surface area contributed by atoms with Crippen LogP contribution in [0.4, 0.5) is 0 Å². The van der Waals surface area contributed by atoms with Crippen molar-refractivity contribution in [3.63, 3.8) is 0 Å². The highest BCUT2D eigenvalue weighted by atomic mass is 16.5. The van der Waals surface area contributed by atoms with E-state index in [-0.39, 0.29) is 11.2 Å². The van der Waals surface area contributed by atoms with Gasteiger partial charge >= 0.3 is 0 Å². The van der Waals surface area contributed by atoms with E-state index in [0.717, 1.165) is 18.3 Å². The van der Waals surface area contributed by atoms with Crippen LogP contribution in [0.3, 0.4) is 0 Å². The Balaban J connectivity index is 1.94. The first-order valence-corrected chi connectivity index (χ1v) is 8.99. The molecule has 120 valence electrons. The van der Waals surface area contributed by atoms with Crippen molar-refractivity contribution in [3.8, 4) is 0 Å². The highest BCUT2D eigenvalue weighted by molar-refractivity contribution is 5.12. The van der Waals surface area contributed by atoms with Gasteiger partial charge in [-0.3, -0.25) is 0 Å². The quantitative estimate of drug-likeness (QED) is 0.559. The van der Waals surface area contributed by atoms with E-state index in [1.54, 1.807) is 0 Å². The molecule has 0 amide bonds. The second kappa shape index (κ2) is 4.60. The van der Waals surface area contributed by atoms with Crippen molar-refractivity contribution in [1.82, 2.24) is 0 Å². The molecule has 2 saturated carbocycles. The van der Waals surface area contributed by atoms with E-state index >= 15 is 0 Å². The molecule has 5 atom stereocenters. The van der Waals surface area contributed by atoms with Crippen LogP contribution in [-0.4, -0.2) is 11.2 Å². The lowest BCUT2D eigenvalue weighted by atomic mass is 9.44. The molecule has 1 nitrogen and oxygen atoms in total. The molecule has 1 heterocycles. The van der Waals surface area contributed by atoms with Crippen LogP contribution in [0, 0.1) is 22.7 Å². The SMILES string of the molecule is C=C[C@]1(C)CC[C@H]2[C@@]3(C)CCCC(C)(C)[C@H]3CC[C@@]2(C)O1. The van der Waals surface area contributed by atoms with Crippen LogP contribution in [0.1, 0.15) is 79.6 Å². The van der Waals surface area contributed by atoms with Crippen LogP contribution in [0.25, 0.3) is 0 Å². The Morgan fingerprint density at radius 3 is 2.24 bits per heavy atom. The van der Waals surface area contributed by atoms with E-state index in [9.17, 15) is 0 Å². The standard InChI is InChI=1S/C20H34O/c1-7-18(4)13-9-16-19(5)12-8-11-17(2,3)15(19)10-14-20(16,6)21-18/h7,15-16H,1,8-14H2,2-6H3/t15-,16+,18-,19+,20-/m1/s1. The minimum Gasteiger partial charge on any atom is -0.365 e. The molecule has 0 N–H and O–H groups in total. The summed E-state index contributed by atoms with van der Waals surface area (Å²) in [6.45, 7) is 16.2. The first kappa shape index (κ1) is 15.6. The summed E-state index contributed by atoms with van der Waals surface area (Å²) in [5.41, 5.74) is 0.920. The zero-order valence-corrected chi connectivity index (χ0v) is 14.8. The Morgan fingerprint density at radius 2 is 1.57 bits per heavy atom. The summed E-state index contributed by atoms with van der Waals surface area (Å²) in [4.78, 5) is 0. The topological polar surface area (TPSA) is 9.23 Å². The van der Waals surface area contributed by atoms with Crippen LogP contribution in [0.15, 0.2) is 12.7 Å². The van der Waals surface area contributed by atoms with E-state index < -0.39 is 0 Å². The normalized spacial score (nSPS) is 52.6. The van der Waals surface area contributed by atoms with Gasteiger partial charge < -0.3 is 4.74 Å². The number of ether oxygens (including phenoxy) is 1. The van der Waals surface area contributed by atoms with Gasteiger partial charge in [0.05, 0.1) is 11.2 Å². The molecule has 3 fully saturated rings. The van der Waals surface area contributed by atoms with Crippen molar-refractivity contribution in [2.75, 3.05) is 0 Å². The zero-order chi connectivity index (χ0) is 15.5. The molecule has 21 heavy (non-hydrogen) atoms. The van der Waals surface area contributed by atoms with Gasteiger partial charge in [0.15, 0.2) is 0 Å². The van der Waals surface area contributed by atoms with E-state index in [1.165, 1.54) is 38.5 Å². The van der Waals surface area contributed by atoms with Gasteiger partial charge in [0.2, 0.25) is 0 Å². The number of fused-ring (bicyclic) bond motifs is 3. The lowest BCUT2D eigenvalue weighted by Gasteiger charge is -2.65. The molecule has 1 heteroatoms. The van der Waals surface area contributed by atoms with Crippen molar-refractivity contribution in [2.45, 2.75) is 90.8 Å². The fourth-order valence-electron chi connectivity index (χ4n) is 6.52. The van der Waals surface area contributed by atoms with Crippen LogP contribution < -0.4 is 0 Å². The predicted molar refractivity (Wildman–Crippen MR) is 89.3 cm³/mol. The van der Waals surface area contributed by atoms with E-state index in [1.807, 2.05) is 6.08 Å². The summed E-state index contributed by atoms with van der Waals surface area (Å²) in [5, 5.41) is 0. The van der Waals surface area contributed by atoms with Crippen molar-refractivity contribution in [1.29, 1.82) is 0 Å². The lowest BCUT2D eigenvalue weighted by Crippen LogP contribution is -2.62. The Hall–Kier alpha value is -0.300. The summed E-state index contributed by atoms with van der Waals surface area (Å²) in [6.07, 6.45) is 11.2. The smallest absolute Gasteiger partial charge is 0.0839 e. The third kappa shape index (κ3) is 2.22. The van der Waals surface area contributed by atoms with Crippen LogP contribution in [-0.2, 0) is 4.74 Å². The third-order valence-electron chi connectivity index (χ3n) is 7.57. The average Bonchev–Trinajstić information content (AvgIpc) is 2.36. The average molecular weight is 290 g/mol. The molecule has 0 unspecified atom stereocenters. The minimum atomic E-state index is -0.112. The molecule has 0 aromatic heterocycles. The van der Waals surface area contributed by atoms with Crippen LogP contribution in [0.2, 0.25) is 0 Å². The molecule has 2 aliphatic carbocycles. The second-order valence-electron chi connectivity index (χ2n) is 9.46. The second-order valence-corrected chi connectivity index (χ2v) is 9.46. The molecule has 0 aromatic carbocycles. The molecular weight excluding hydrogens is 256 g/mol. The van der Waals surface area contributed by atoms with Gasteiger partial charge in [-0.2, -0.15) is 0 Å². The van der Waals surface area contributed by atoms with E-state index in [4.69, 9.17) is 4.74 Å². The van der Waals surface area contributed by atoms with Gasteiger partial charge in [0.1, 0.15) is 0 Å². The molecule has 1 aliphatic heterocycles. The van der Waals surface area contributed by atoms with Gasteiger partial charge in [0.25, 0.3) is 0 Å². The van der Waals surface area contributed by atoms with Crippen molar-refractivity contribution < 1.29 is 4.74 Å². The molecule has 0 bridgehead atoms. The van der Waals surface area contributed by atoms with Crippen LogP contribution in [0.5, 0.6) is 0 Å². The van der Waals surface area contributed by atoms with Gasteiger partial charge in [0, 0.05) is 0 Å². The van der Waals surface area contributed by atoms with E-state index in [2.05, 4.69) is 41.2 Å².